The van der Waals surface area contributed by atoms with Crippen molar-refractivity contribution in [1.82, 2.24) is 0 Å². The maximum absolute atomic E-state index is 13.9. The lowest BCUT2D eigenvalue weighted by Gasteiger charge is -2.03. The van der Waals surface area contributed by atoms with Crippen LogP contribution in [-0.2, 0) is 0 Å². The number of fused-ring (bicyclic) bond motifs is 1. The average molecular weight is 216 g/mol. The summed E-state index contributed by atoms with van der Waals surface area (Å²) in [4.78, 5) is 0. The second-order valence-corrected chi connectivity index (χ2v) is 4.78. The molecule has 1 heteroatoms. The Morgan fingerprint density at radius 1 is 1.00 bits per heavy atom. The second-order valence-electron chi connectivity index (χ2n) is 4.78. The molecule has 0 saturated heterocycles. The highest BCUT2D eigenvalue weighted by molar-refractivity contribution is 5.75. The monoisotopic (exact) mass is 216 g/mol. The van der Waals surface area contributed by atoms with Crippen molar-refractivity contribution in [2.75, 3.05) is 0 Å². The Labute approximate surface area is 96.5 Å². The third kappa shape index (κ3) is 1.71. The fourth-order valence-corrected chi connectivity index (χ4v) is 2.21. The molecule has 0 atom stereocenters. The van der Waals surface area contributed by atoms with E-state index >= 15 is 0 Å². The van der Waals surface area contributed by atoms with Crippen molar-refractivity contribution in [2.24, 2.45) is 0 Å². The standard InChI is InChI=1S/C15H17F/c1-9(2)12-5-6-14(16)15-11(4)7-10(3)13(15)8-12/h5-9H,1-4H3. The SMILES string of the molecule is Cc1cc(C)c2c(F)ccc(C(C)C)cc1-2. The summed E-state index contributed by atoms with van der Waals surface area (Å²) in [6.45, 7) is 8.26. The smallest absolute Gasteiger partial charge is 0.131 e. The van der Waals surface area contributed by atoms with E-state index in [1.807, 2.05) is 19.9 Å². The number of aryl methyl sites for hydroxylation is 2. The molecule has 0 amide bonds. The average Bonchev–Trinajstić information content (AvgIpc) is 2.39. The highest BCUT2D eigenvalue weighted by atomic mass is 19.1. The normalized spacial score (nSPS) is 11.4. The van der Waals surface area contributed by atoms with E-state index in [2.05, 4.69) is 26.0 Å². The van der Waals surface area contributed by atoms with Gasteiger partial charge in [-0.3, -0.25) is 0 Å². The van der Waals surface area contributed by atoms with Crippen LogP contribution in [0.3, 0.4) is 0 Å². The number of rotatable bonds is 1. The third-order valence-electron chi connectivity index (χ3n) is 3.16. The molecule has 0 aromatic rings. The van der Waals surface area contributed by atoms with Gasteiger partial charge < -0.3 is 0 Å². The highest BCUT2D eigenvalue weighted by Crippen LogP contribution is 2.34. The van der Waals surface area contributed by atoms with Crippen LogP contribution in [0.1, 0.15) is 36.5 Å². The van der Waals surface area contributed by atoms with Crippen LogP contribution in [0, 0.1) is 19.7 Å². The molecule has 0 N–H and O–H groups in total. The van der Waals surface area contributed by atoms with Crippen molar-refractivity contribution in [3.63, 3.8) is 0 Å². The molecule has 0 heterocycles. The molecule has 2 aliphatic carbocycles. The molecule has 0 nitrogen and oxygen atoms in total. The topological polar surface area (TPSA) is 0 Å². The first-order valence-electron chi connectivity index (χ1n) is 5.70. The summed E-state index contributed by atoms with van der Waals surface area (Å²) < 4.78 is 13.9. The van der Waals surface area contributed by atoms with Crippen molar-refractivity contribution in [3.05, 3.63) is 46.8 Å². The first-order valence-corrected chi connectivity index (χ1v) is 5.70. The molecule has 84 valence electrons. The maximum atomic E-state index is 13.9. The van der Waals surface area contributed by atoms with Crippen molar-refractivity contribution in [3.8, 4) is 11.1 Å². The van der Waals surface area contributed by atoms with Crippen LogP contribution >= 0.6 is 0 Å². The molecule has 2 rings (SSSR count). The molecule has 0 aliphatic heterocycles. The van der Waals surface area contributed by atoms with Crippen LogP contribution in [0.4, 0.5) is 4.39 Å². The summed E-state index contributed by atoms with van der Waals surface area (Å²) in [5.41, 5.74) is 5.18. The summed E-state index contributed by atoms with van der Waals surface area (Å²) in [6, 6.07) is 7.65. The van der Waals surface area contributed by atoms with Crippen LogP contribution in [0.5, 0.6) is 0 Å². The summed E-state index contributed by atoms with van der Waals surface area (Å²) in [6.07, 6.45) is 0. The summed E-state index contributed by atoms with van der Waals surface area (Å²) in [5, 5.41) is 0. The summed E-state index contributed by atoms with van der Waals surface area (Å²) in [5.74, 6) is 0.303. The molecule has 0 aromatic carbocycles. The van der Waals surface area contributed by atoms with Crippen LogP contribution < -0.4 is 0 Å². The van der Waals surface area contributed by atoms with Crippen LogP contribution in [0.2, 0.25) is 0 Å². The van der Waals surface area contributed by atoms with Crippen molar-refractivity contribution in [1.29, 1.82) is 0 Å². The quantitative estimate of drug-likeness (QED) is 0.649. The number of hydrogen-bond acceptors (Lipinski definition) is 0. The van der Waals surface area contributed by atoms with Gasteiger partial charge in [-0.05, 0) is 48.1 Å². The Balaban J connectivity index is 2.77. The van der Waals surface area contributed by atoms with Gasteiger partial charge in [0.15, 0.2) is 0 Å². The molecule has 0 unspecified atom stereocenters. The highest BCUT2D eigenvalue weighted by Gasteiger charge is 2.15. The van der Waals surface area contributed by atoms with E-state index in [9.17, 15) is 4.39 Å². The molecule has 0 saturated carbocycles. The van der Waals surface area contributed by atoms with Crippen LogP contribution in [0.25, 0.3) is 11.1 Å². The first kappa shape index (κ1) is 11.1. The van der Waals surface area contributed by atoms with E-state index in [1.54, 1.807) is 6.07 Å². The largest absolute Gasteiger partial charge is 0.206 e. The van der Waals surface area contributed by atoms with Crippen molar-refractivity contribution < 1.29 is 4.39 Å². The van der Waals surface area contributed by atoms with Gasteiger partial charge in [0.2, 0.25) is 0 Å². The van der Waals surface area contributed by atoms with Gasteiger partial charge in [0, 0.05) is 5.56 Å². The lowest BCUT2D eigenvalue weighted by molar-refractivity contribution is 0.632. The maximum Gasteiger partial charge on any atom is 0.131 e. The fraction of sp³-hybridized carbons (Fsp3) is 0.333. The minimum absolute atomic E-state index is 0.118. The minimum atomic E-state index is -0.118. The predicted octanol–water partition coefficient (Wildman–Crippen LogP) is 4.67. The van der Waals surface area contributed by atoms with Crippen molar-refractivity contribution >= 4 is 0 Å². The molecule has 0 bridgehead atoms. The molecule has 0 spiro atoms. The molecule has 0 aromatic heterocycles. The zero-order valence-corrected chi connectivity index (χ0v) is 10.3. The van der Waals surface area contributed by atoms with Gasteiger partial charge in [0.1, 0.15) is 5.82 Å². The van der Waals surface area contributed by atoms with Gasteiger partial charge in [-0.1, -0.05) is 32.0 Å². The number of hydrogen-bond donors (Lipinski definition) is 0. The van der Waals surface area contributed by atoms with Gasteiger partial charge in [-0.15, -0.1) is 0 Å². The van der Waals surface area contributed by atoms with Crippen LogP contribution in [0.15, 0.2) is 24.3 Å². The van der Waals surface area contributed by atoms with Crippen molar-refractivity contribution in [2.45, 2.75) is 33.6 Å². The Morgan fingerprint density at radius 3 is 2.31 bits per heavy atom. The fourth-order valence-electron chi connectivity index (χ4n) is 2.21. The third-order valence-corrected chi connectivity index (χ3v) is 3.16. The lowest BCUT2D eigenvalue weighted by atomic mass is 10.0. The Bertz CT molecular complexity index is 497. The van der Waals surface area contributed by atoms with E-state index in [0.717, 1.165) is 22.3 Å². The first-order chi connectivity index (χ1) is 7.50. The molecule has 16 heavy (non-hydrogen) atoms. The Kier molecular flexibility index (Phi) is 2.71. The molecule has 0 fully saturated rings. The number of halogens is 1. The Hall–Kier alpha value is -1.37. The zero-order chi connectivity index (χ0) is 11.9. The van der Waals surface area contributed by atoms with Gasteiger partial charge in [0.25, 0.3) is 0 Å². The summed E-state index contributed by atoms with van der Waals surface area (Å²) >= 11 is 0. The van der Waals surface area contributed by atoms with Gasteiger partial charge in [-0.25, -0.2) is 4.39 Å². The lowest BCUT2D eigenvalue weighted by Crippen LogP contribution is -1.84. The van der Waals surface area contributed by atoms with E-state index in [4.69, 9.17) is 0 Å². The molecule has 0 radical (unpaired) electrons. The van der Waals surface area contributed by atoms with E-state index in [0.29, 0.717) is 5.92 Å². The van der Waals surface area contributed by atoms with Gasteiger partial charge in [0.05, 0.1) is 0 Å². The predicted molar refractivity (Wildman–Crippen MR) is 66.6 cm³/mol. The minimum Gasteiger partial charge on any atom is -0.206 e. The van der Waals surface area contributed by atoms with E-state index in [-0.39, 0.29) is 5.82 Å². The molecule has 2 aliphatic rings. The zero-order valence-electron chi connectivity index (χ0n) is 10.3. The van der Waals surface area contributed by atoms with Gasteiger partial charge >= 0.3 is 0 Å². The summed E-state index contributed by atoms with van der Waals surface area (Å²) in [7, 11) is 0. The van der Waals surface area contributed by atoms with Crippen LogP contribution in [-0.4, -0.2) is 0 Å². The molecular formula is C15H17F. The van der Waals surface area contributed by atoms with E-state index < -0.39 is 0 Å². The molecular weight excluding hydrogens is 199 g/mol. The van der Waals surface area contributed by atoms with Gasteiger partial charge in [-0.2, -0.15) is 0 Å². The Morgan fingerprint density at radius 2 is 1.69 bits per heavy atom. The van der Waals surface area contributed by atoms with E-state index in [1.165, 1.54) is 5.56 Å². The second kappa shape index (κ2) is 3.89.